The van der Waals surface area contributed by atoms with Crippen LogP contribution in [0.1, 0.15) is 49.9 Å². The molecule has 0 atom stereocenters. The quantitative estimate of drug-likeness (QED) is 0.171. The largest absolute Gasteiger partial charge is 0.455 e. The second kappa shape index (κ2) is 13.9. The molecule has 14 rings (SSSR count). The van der Waals surface area contributed by atoms with Gasteiger partial charge in [0.15, 0.2) is 0 Å². The molecule has 2 heterocycles. The molecule has 12 aromatic rings. The monoisotopic (exact) mass is 875 g/mol. The molecular weight excluding hydrogens is 831 g/mol. The Morgan fingerprint density at radius 3 is 1.78 bits per heavy atom. The van der Waals surface area contributed by atoms with Gasteiger partial charge in [0, 0.05) is 53.3 Å². The minimum atomic E-state index is -0.158. The van der Waals surface area contributed by atoms with Gasteiger partial charge in [-0.1, -0.05) is 173 Å². The first-order chi connectivity index (χ1) is 32.7. The summed E-state index contributed by atoms with van der Waals surface area (Å²) in [5, 5.41) is 7.20. The third kappa shape index (κ3) is 5.44. The van der Waals surface area contributed by atoms with Gasteiger partial charge in [0.1, 0.15) is 11.2 Å². The van der Waals surface area contributed by atoms with Gasteiger partial charge in [0.25, 0.3) is 0 Å². The zero-order valence-corrected chi connectivity index (χ0v) is 38.6. The van der Waals surface area contributed by atoms with E-state index in [1.165, 1.54) is 92.1 Å². The van der Waals surface area contributed by atoms with E-state index in [4.69, 9.17) is 4.42 Å². The maximum atomic E-state index is 7.21. The van der Waals surface area contributed by atoms with Crippen molar-refractivity contribution in [1.29, 1.82) is 0 Å². The first-order valence-corrected chi connectivity index (χ1v) is 24.2. The van der Waals surface area contributed by atoms with Crippen LogP contribution in [-0.4, -0.2) is 0 Å². The molecule has 0 radical (unpaired) electrons. The molecular formula is C64H45NOS. The fraction of sp³-hybridized carbons (Fsp3) is 0.0938. The lowest BCUT2D eigenvalue weighted by Crippen LogP contribution is -2.16. The second-order valence-corrected chi connectivity index (χ2v) is 20.6. The molecule has 0 saturated heterocycles. The van der Waals surface area contributed by atoms with Crippen molar-refractivity contribution in [3.63, 3.8) is 0 Å². The van der Waals surface area contributed by atoms with E-state index in [0.29, 0.717) is 0 Å². The predicted octanol–water partition coefficient (Wildman–Crippen LogP) is 18.5. The number of thiophene rings is 1. The zero-order valence-electron chi connectivity index (χ0n) is 37.8. The number of benzene rings is 10. The molecule has 0 fully saturated rings. The van der Waals surface area contributed by atoms with Crippen LogP contribution in [0, 0.1) is 0 Å². The molecule has 2 aliphatic rings. The van der Waals surface area contributed by atoms with Crippen LogP contribution in [0.2, 0.25) is 0 Å². The number of furan rings is 1. The number of rotatable bonds is 5. The highest BCUT2D eigenvalue weighted by Gasteiger charge is 2.37. The average molecular weight is 876 g/mol. The molecule has 0 bridgehead atoms. The van der Waals surface area contributed by atoms with Crippen LogP contribution in [-0.2, 0) is 10.8 Å². The molecule has 2 aromatic heterocycles. The Bertz CT molecular complexity index is 4050. The van der Waals surface area contributed by atoms with E-state index in [9.17, 15) is 0 Å². The summed E-state index contributed by atoms with van der Waals surface area (Å²) in [5.41, 5.74) is 20.2. The molecule has 318 valence electrons. The van der Waals surface area contributed by atoms with Gasteiger partial charge in [0.05, 0.1) is 11.1 Å². The van der Waals surface area contributed by atoms with Crippen LogP contribution in [0.3, 0.4) is 0 Å². The van der Waals surface area contributed by atoms with Gasteiger partial charge in [-0.2, -0.15) is 0 Å². The van der Waals surface area contributed by atoms with Gasteiger partial charge in [-0.15, -0.1) is 11.3 Å². The van der Waals surface area contributed by atoms with Gasteiger partial charge in [0.2, 0.25) is 0 Å². The maximum absolute atomic E-state index is 7.21. The van der Waals surface area contributed by atoms with Gasteiger partial charge < -0.3 is 9.32 Å². The molecule has 0 N–H and O–H groups in total. The van der Waals surface area contributed by atoms with Crippen LogP contribution < -0.4 is 4.90 Å². The summed E-state index contributed by atoms with van der Waals surface area (Å²) in [7, 11) is 0. The van der Waals surface area contributed by atoms with Crippen LogP contribution in [0.25, 0.3) is 97.4 Å². The fourth-order valence-electron chi connectivity index (χ4n) is 12.0. The van der Waals surface area contributed by atoms with E-state index in [2.05, 4.69) is 233 Å². The Kier molecular flexibility index (Phi) is 8.00. The van der Waals surface area contributed by atoms with E-state index < -0.39 is 0 Å². The molecule has 2 aliphatic carbocycles. The number of nitrogens with zero attached hydrogens (tertiary/aromatic N) is 1. The normalized spacial score (nSPS) is 14.2. The smallest absolute Gasteiger partial charge is 0.143 e. The Morgan fingerprint density at radius 2 is 1.00 bits per heavy atom. The van der Waals surface area contributed by atoms with Crippen molar-refractivity contribution in [3.8, 4) is 44.5 Å². The molecule has 2 nitrogen and oxygen atoms in total. The number of fused-ring (bicyclic) bond motifs is 13. The molecule has 0 spiro atoms. The Morgan fingerprint density at radius 1 is 0.418 bits per heavy atom. The summed E-state index contributed by atoms with van der Waals surface area (Å²) in [4.78, 5) is 2.46. The van der Waals surface area contributed by atoms with Crippen LogP contribution in [0.15, 0.2) is 205 Å². The molecule has 0 saturated carbocycles. The Balaban J connectivity index is 0.992. The summed E-state index contributed by atoms with van der Waals surface area (Å²) in [5.74, 6) is 0. The van der Waals surface area contributed by atoms with Crippen molar-refractivity contribution >= 4 is 81.3 Å². The molecule has 0 amide bonds. The topological polar surface area (TPSA) is 16.4 Å². The highest BCUT2D eigenvalue weighted by atomic mass is 32.1. The van der Waals surface area contributed by atoms with Gasteiger partial charge >= 0.3 is 0 Å². The number of hydrogen-bond acceptors (Lipinski definition) is 3. The van der Waals surface area contributed by atoms with Crippen molar-refractivity contribution in [2.24, 2.45) is 0 Å². The SMILES string of the molecule is CC1(C)c2ccccc2-c2ccc(-c3c4ccccc4cc4c3oc3cccc(N(c5ccc(-c6cccc7c6sc6ccccc67)cc5)c5ccc6c(c5)C(C)(C)c5ccccc5-6)c34)cc21. The van der Waals surface area contributed by atoms with E-state index in [1.54, 1.807) is 0 Å². The van der Waals surface area contributed by atoms with E-state index in [1.807, 2.05) is 11.3 Å². The lowest BCUT2D eigenvalue weighted by Gasteiger charge is -2.29. The molecule has 10 aromatic carbocycles. The standard InChI is InChI=1S/C64H45NOS/c1-63(2)52-22-10-7-17-45(52)47-33-29-40(36-54(47)63)59-43-16-6-5-15-39(43)35-51-60-56(24-14-25-57(60)66-61(51)59)65(42-32-34-48-46-18-8-11-23-53(46)64(3,4)55(48)37-42)41-30-27-38(28-31-41)44-20-13-21-50-49-19-9-12-26-58(49)67-62(44)50/h5-37H,1-4H3. The van der Waals surface area contributed by atoms with E-state index >= 15 is 0 Å². The highest BCUT2D eigenvalue weighted by molar-refractivity contribution is 7.26. The van der Waals surface area contributed by atoms with Gasteiger partial charge in [-0.05, 0) is 127 Å². The molecule has 3 heteroatoms. The van der Waals surface area contributed by atoms with Crippen LogP contribution in [0.4, 0.5) is 17.1 Å². The van der Waals surface area contributed by atoms with Gasteiger partial charge in [-0.3, -0.25) is 0 Å². The first kappa shape index (κ1) is 38.5. The molecule has 0 unspecified atom stereocenters. The van der Waals surface area contributed by atoms with Crippen molar-refractivity contribution in [2.45, 2.75) is 38.5 Å². The highest BCUT2D eigenvalue weighted by Crippen LogP contribution is 2.54. The van der Waals surface area contributed by atoms with Crippen molar-refractivity contribution < 1.29 is 4.42 Å². The molecule has 67 heavy (non-hydrogen) atoms. The summed E-state index contributed by atoms with van der Waals surface area (Å²) in [6.07, 6.45) is 0. The van der Waals surface area contributed by atoms with Crippen LogP contribution in [0.5, 0.6) is 0 Å². The first-order valence-electron chi connectivity index (χ1n) is 23.4. The summed E-state index contributed by atoms with van der Waals surface area (Å²) < 4.78 is 9.85. The summed E-state index contributed by atoms with van der Waals surface area (Å²) >= 11 is 1.88. The average Bonchev–Trinajstić information content (AvgIpc) is 4.06. The fourth-order valence-corrected chi connectivity index (χ4v) is 13.2. The van der Waals surface area contributed by atoms with E-state index in [0.717, 1.165) is 44.6 Å². The Labute approximate surface area is 394 Å². The summed E-state index contributed by atoms with van der Waals surface area (Å²) in [6, 6.07) is 74.4. The van der Waals surface area contributed by atoms with Crippen LogP contribution >= 0.6 is 11.3 Å². The maximum Gasteiger partial charge on any atom is 0.143 e. The zero-order chi connectivity index (χ0) is 44.8. The third-order valence-electron chi connectivity index (χ3n) is 15.3. The predicted molar refractivity (Wildman–Crippen MR) is 285 cm³/mol. The lowest BCUT2D eigenvalue weighted by atomic mass is 9.81. The van der Waals surface area contributed by atoms with Gasteiger partial charge in [-0.25, -0.2) is 0 Å². The summed E-state index contributed by atoms with van der Waals surface area (Å²) in [6.45, 7) is 9.45. The number of anilines is 3. The minimum Gasteiger partial charge on any atom is -0.455 e. The number of hydrogen-bond donors (Lipinski definition) is 0. The minimum absolute atomic E-state index is 0.126. The lowest BCUT2D eigenvalue weighted by molar-refractivity contribution is 0.660. The third-order valence-corrected chi connectivity index (χ3v) is 16.5. The van der Waals surface area contributed by atoms with Crippen molar-refractivity contribution in [2.75, 3.05) is 4.90 Å². The molecule has 0 aliphatic heterocycles. The van der Waals surface area contributed by atoms with E-state index in [-0.39, 0.29) is 10.8 Å². The second-order valence-electron chi connectivity index (χ2n) is 19.6. The van der Waals surface area contributed by atoms with Crippen molar-refractivity contribution in [3.05, 3.63) is 222 Å². The Hall–Kier alpha value is -7.72. The van der Waals surface area contributed by atoms with Crippen molar-refractivity contribution in [1.82, 2.24) is 0 Å².